The Morgan fingerprint density at radius 1 is 1.17 bits per heavy atom. The third kappa shape index (κ3) is 3.69. The van der Waals surface area contributed by atoms with Crippen molar-refractivity contribution in [1.29, 1.82) is 0 Å². The molecule has 0 aromatic heterocycles. The van der Waals surface area contributed by atoms with Gasteiger partial charge in [-0.25, -0.2) is 4.39 Å². The van der Waals surface area contributed by atoms with Gasteiger partial charge in [-0.15, -0.1) is 23.2 Å². The van der Waals surface area contributed by atoms with E-state index in [1.165, 1.54) is 9.80 Å². The molecule has 10 heteroatoms. The van der Waals surface area contributed by atoms with E-state index >= 15 is 0 Å². The number of rotatable bonds is 4. The number of carbonyl (C=O) groups is 3. The Balaban J connectivity index is 1.59. The summed E-state index contributed by atoms with van der Waals surface area (Å²) in [5.74, 6) is -0.224. The summed E-state index contributed by atoms with van der Waals surface area (Å²) in [4.78, 5) is 42.8. The lowest BCUT2D eigenvalue weighted by atomic mass is 9.77. The minimum absolute atomic E-state index is 0.131. The molecule has 1 spiro atoms. The molecule has 1 saturated carbocycles. The van der Waals surface area contributed by atoms with Crippen LogP contribution in [0.1, 0.15) is 39.0 Å². The first-order valence-corrected chi connectivity index (χ1v) is 11.6. The fraction of sp³-hybridized carbons (Fsp3) is 0.850. The molecule has 30 heavy (non-hydrogen) atoms. The second-order valence-electron chi connectivity index (χ2n) is 9.19. The minimum Gasteiger partial charge on any atom is -0.339 e. The van der Waals surface area contributed by atoms with E-state index in [0.717, 1.165) is 25.7 Å². The molecule has 3 amide bonds. The molecule has 0 radical (unpaired) electrons. The van der Waals surface area contributed by atoms with Crippen LogP contribution in [-0.2, 0) is 14.4 Å². The average molecular weight is 463 g/mol. The number of amides is 3. The lowest BCUT2D eigenvalue weighted by Gasteiger charge is -2.60. The van der Waals surface area contributed by atoms with Gasteiger partial charge in [0, 0.05) is 23.3 Å². The van der Waals surface area contributed by atoms with Crippen molar-refractivity contribution < 1.29 is 18.8 Å². The molecule has 3 heterocycles. The van der Waals surface area contributed by atoms with Crippen molar-refractivity contribution >= 4 is 41.4 Å². The van der Waals surface area contributed by atoms with Gasteiger partial charge in [-0.3, -0.25) is 19.7 Å². The van der Waals surface area contributed by atoms with Crippen LogP contribution < -0.4 is 5.32 Å². The molecule has 4 fully saturated rings. The van der Waals surface area contributed by atoms with E-state index in [1.54, 1.807) is 4.90 Å². The number of piperidine rings is 1. The Bertz CT molecular complexity index is 700. The van der Waals surface area contributed by atoms with Crippen molar-refractivity contribution in [2.45, 2.75) is 73.7 Å². The number of likely N-dealkylation sites (tertiary alicyclic amines) is 1. The summed E-state index contributed by atoms with van der Waals surface area (Å²) in [6, 6.07) is -0.144. The zero-order valence-electron chi connectivity index (χ0n) is 17.1. The van der Waals surface area contributed by atoms with Gasteiger partial charge in [0.25, 0.3) is 5.91 Å². The molecule has 4 aliphatic rings. The predicted octanol–water partition coefficient (Wildman–Crippen LogP) is 1.32. The minimum atomic E-state index is -1.35. The zero-order chi connectivity index (χ0) is 21.6. The van der Waals surface area contributed by atoms with Crippen molar-refractivity contribution in [3.63, 3.8) is 0 Å². The number of carbonyl (C=O) groups excluding carboxylic acids is 3. The molecule has 7 nitrogen and oxygen atoms in total. The first-order valence-electron chi connectivity index (χ1n) is 10.7. The predicted molar refractivity (Wildman–Crippen MR) is 111 cm³/mol. The van der Waals surface area contributed by atoms with Crippen LogP contribution in [0.3, 0.4) is 0 Å². The number of piperazine rings is 1. The largest absolute Gasteiger partial charge is 0.339 e. The molecule has 4 rings (SSSR count). The van der Waals surface area contributed by atoms with Gasteiger partial charge in [0.1, 0.15) is 18.9 Å². The highest BCUT2D eigenvalue weighted by atomic mass is 35.5. The summed E-state index contributed by atoms with van der Waals surface area (Å²) in [6.45, 7) is 2.49. The monoisotopic (exact) mass is 462 g/mol. The van der Waals surface area contributed by atoms with Crippen LogP contribution in [0, 0.1) is 5.92 Å². The lowest BCUT2D eigenvalue weighted by molar-refractivity contribution is -0.189. The van der Waals surface area contributed by atoms with Crippen LogP contribution in [0.5, 0.6) is 0 Å². The van der Waals surface area contributed by atoms with Crippen molar-refractivity contribution in [2.24, 2.45) is 5.92 Å². The Labute approximate surface area is 186 Å². The van der Waals surface area contributed by atoms with Crippen LogP contribution in [0.2, 0.25) is 0 Å². The summed E-state index contributed by atoms with van der Waals surface area (Å²) in [7, 11) is 0. The van der Waals surface area contributed by atoms with Gasteiger partial charge in [0.05, 0.1) is 13.1 Å². The van der Waals surface area contributed by atoms with Gasteiger partial charge in [0.2, 0.25) is 12.3 Å². The van der Waals surface area contributed by atoms with Crippen molar-refractivity contribution in [1.82, 2.24) is 20.0 Å². The normalized spacial score (nSPS) is 37.9. The van der Waals surface area contributed by atoms with E-state index < -0.39 is 17.9 Å². The molecule has 3 unspecified atom stereocenters. The highest BCUT2D eigenvalue weighted by Gasteiger charge is 2.62. The molecule has 0 aromatic rings. The summed E-state index contributed by atoms with van der Waals surface area (Å²) >= 11 is 12.3. The highest BCUT2D eigenvalue weighted by molar-refractivity contribution is 6.21. The van der Waals surface area contributed by atoms with E-state index in [9.17, 15) is 18.8 Å². The van der Waals surface area contributed by atoms with Crippen LogP contribution >= 0.6 is 23.2 Å². The van der Waals surface area contributed by atoms with E-state index in [0.29, 0.717) is 13.0 Å². The van der Waals surface area contributed by atoms with Crippen molar-refractivity contribution in [3.8, 4) is 0 Å². The Morgan fingerprint density at radius 2 is 1.83 bits per heavy atom. The van der Waals surface area contributed by atoms with Gasteiger partial charge in [0.15, 0.2) is 5.54 Å². The van der Waals surface area contributed by atoms with Crippen LogP contribution in [0.15, 0.2) is 0 Å². The van der Waals surface area contributed by atoms with Gasteiger partial charge in [-0.2, -0.15) is 0 Å². The average Bonchev–Trinajstić information content (AvgIpc) is 2.68. The second-order valence-corrected chi connectivity index (χ2v) is 10.4. The molecule has 1 N–H and O–H groups in total. The molecule has 4 atom stereocenters. The van der Waals surface area contributed by atoms with E-state index in [2.05, 4.69) is 5.32 Å². The van der Waals surface area contributed by atoms with Gasteiger partial charge >= 0.3 is 0 Å². The van der Waals surface area contributed by atoms with Crippen LogP contribution in [-0.4, -0.2) is 93.8 Å². The van der Waals surface area contributed by atoms with Gasteiger partial charge < -0.3 is 14.7 Å². The molecule has 1 aliphatic carbocycles. The fourth-order valence-corrected chi connectivity index (χ4v) is 6.15. The maximum absolute atomic E-state index is 14.7. The molecular formula is C20H29Cl2FN4O3. The van der Waals surface area contributed by atoms with Crippen molar-refractivity contribution in [3.05, 3.63) is 0 Å². The first kappa shape index (κ1) is 22.1. The third-order valence-electron chi connectivity index (χ3n) is 7.27. The van der Waals surface area contributed by atoms with E-state index in [4.69, 9.17) is 23.2 Å². The van der Waals surface area contributed by atoms with Gasteiger partial charge in [-0.1, -0.05) is 0 Å². The maximum Gasteiger partial charge on any atom is 0.254 e. The first-order chi connectivity index (χ1) is 14.3. The SMILES string of the molecule is C[C@@H](C1CCC(Cl)CC1)N1C(=O)CN(C2NCC(Cl)CC2F)C(=O)C12CN(C=O)C2. The molecule has 3 aliphatic heterocycles. The second kappa shape index (κ2) is 8.43. The van der Waals surface area contributed by atoms with E-state index in [-0.39, 0.29) is 60.6 Å². The summed E-state index contributed by atoms with van der Waals surface area (Å²) < 4.78 is 14.7. The zero-order valence-corrected chi connectivity index (χ0v) is 18.6. The van der Waals surface area contributed by atoms with Crippen molar-refractivity contribution in [2.75, 3.05) is 26.2 Å². The fourth-order valence-electron chi connectivity index (χ4n) is 5.64. The maximum atomic E-state index is 14.7. The van der Waals surface area contributed by atoms with Crippen LogP contribution in [0.4, 0.5) is 4.39 Å². The van der Waals surface area contributed by atoms with Gasteiger partial charge in [-0.05, 0) is 44.9 Å². The highest BCUT2D eigenvalue weighted by Crippen LogP contribution is 2.40. The Hall–Kier alpha value is -1.12. The molecule has 0 aromatic carbocycles. The summed E-state index contributed by atoms with van der Waals surface area (Å²) in [5, 5.41) is 2.81. The standard InChI is InChI=1S/C20H29Cl2FN4O3/c1-12(13-2-4-14(21)5-3-13)27-17(29)8-26(18-16(23)6-15(22)7-24-18)19(30)20(27)9-25(10-20)11-28/h11-16,18,24H,2-10H2,1H3/t12-,13?,14?,15?,16?,18?/m0/s1. The molecule has 168 valence electrons. The molecule has 0 bridgehead atoms. The number of nitrogens with zero attached hydrogens (tertiary/aromatic N) is 3. The lowest BCUT2D eigenvalue weighted by Crippen LogP contribution is -2.83. The number of nitrogens with one attached hydrogen (secondary N) is 1. The number of alkyl halides is 3. The Kier molecular flexibility index (Phi) is 6.21. The van der Waals surface area contributed by atoms with E-state index in [1.807, 2.05) is 6.92 Å². The number of hydrogen-bond donors (Lipinski definition) is 1. The topological polar surface area (TPSA) is 73.0 Å². The number of halogens is 3. The summed E-state index contributed by atoms with van der Waals surface area (Å²) in [5.41, 5.74) is -1.12. The number of hydrogen-bond acceptors (Lipinski definition) is 4. The van der Waals surface area contributed by atoms with Crippen LogP contribution in [0.25, 0.3) is 0 Å². The smallest absolute Gasteiger partial charge is 0.254 e. The summed E-state index contributed by atoms with van der Waals surface area (Å²) in [6.07, 6.45) is 2.19. The Morgan fingerprint density at radius 3 is 2.43 bits per heavy atom. The third-order valence-corrected chi connectivity index (χ3v) is 8.04. The molecular weight excluding hydrogens is 434 g/mol. The molecule has 3 saturated heterocycles. The quantitative estimate of drug-likeness (QED) is 0.505.